The highest BCUT2D eigenvalue weighted by molar-refractivity contribution is 5.80. The Kier molecular flexibility index (Phi) is 2.57. The summed E-state index contributed by atoms with van der Waals surface area (Å²) in [6.07, 6.45) is 7.10. The fourth-order valence-electron chi connectivity index (χ4n) is 8.03. The van der Waals surface area contributed by atoms with Crippen molar-refractivity contribution in [1.82, 2.24) is 4.90 Å². The minimum atomic E-state index is -0.151. The number of ether oxygens (including phenoxy) is 1. The van der Waals surface area contributed by atoms with Crippen molar-refractivity contribution in [1.29, 1.82) is 0 Å². The van der Waals surface area contributed by atoms with Gasteiger partial charge in [-0.2, -0.15) is 0 Å². The van der Waals surface area contributed by atoms with Gasteiger partial charge in [-0.05, 0) is 68.7 Å². The van der Waals surface area contributed by atoms with Gasteiger partial charge in [0.1, 0.15) is 0 Å². The van der Waals surface area contributed by atoms with Gasteiger partial charge in [-0.3, -0.25) is 9.69 Å². The molecule has 5 atom stereocenters. The van der Waals surface area contributed by atoms with E-state index in [-0.39, 0.29) is 22.8 Å². The van der Waals surface area contributed by atoms with E-state index in [1.807, 2.05) is 0 Å². The summed E-state index contributed by atoms with van der Waals surface area (Å²) in [7, 11) is 1.56. The third kappa shape index (κ3) is 1.38. The molecule has 1 aromatic carbocycles. The number of nitrogens with zero attached hydrogens (tertiary/aromatic N) is 1. The lowest BCUT2D eigenvalue weighted by molar-refractivity contribution is -0.171. The van der Waals surface area contributed by atoms with Gasteiger partial charge in [0.15, 0.2) is 0 Å². The first-order chi connectivity index (χ1) is 12.2. The second-order valence-electron chi connectivity index (χ2n) is 9.05. The number of fused-ring (bicyclic) bond motifs is 3. The number of benzene rings is 1. The van der Waals surface area contributed by atoms with Crippen molar-refractivity contribution in [2.75, 3.05) is 25.5 Å². The van der Waals surface area contributed by atoms with E-state index in [0.717, 1.165) is 12.8 Å². The van der Waals surface area contributed by atoms with Gasteiger partial charge in [0.25, 0.3) is 0 Å². The molecule has 4 nitrogen and oxygen atoms in total. The fourth-order valence-corrected chi connectivity index (χ4v) is 8.03. The SMILES string of the molecule is COC(=O)[C@@H]1CC23CCCN4CC[C@]5(c6ccccc6NC15CC2)[C@@H]43. The topological polar surface area (TPSA) is 41.6 Å². The monoisotopic (exact) mass is 338 g/mol. The highest BCUT2D eigenvalue weighted by atomic mass is 16.5. The van der Waals surface area contributed by atoms with Crippen LogP contribution >= 0.6 is 0 Å². The second-order valence-corrected chi connectivity index (χ2v) is 9.05. The van der Waals surface area contributed by atoms with Crippen molar-refractivity contribution in [3.8, 4) is 0 Å². The lowest BCUT2D eigenvalue weighted by Gasteiger charge is -2.69. The van der Waals surface area contributed by atoms with Gasteiger partial charge in [0, 0.05) is 17.1 Å². The Morgan fingerprint density at radius 2 is 2.08 bits per heavy atom. The zero-order valence-electron chi connectivity index (χ0n) is 14.9. The molecule has 3 saturated carbocycles. The summed E-state index contributed by atoms with van der Waals surface area (Å²) >= 11 is 0. The summed E-state index contributed by atoms with van der Waals surface area (Å²) < 4.78 is 5.33. The van der Waals surface area contributed by atoms with E-state index in [0.29, 0.717) is 11.5 Å². The standard InChI is InChI=1S/C21H26N2O2/c1-25-17(24)15-13-19-7-4-11-23-12-10-20(18(19)23)14-5-2-3-6-16(14)22-21(15,20)9-8-19/h2-3,5-6,15,18,22H,4,7-13H2,1H3/t15-,18-,19?,20-,21?/m0/s1. The third-order valence-corrected chi connectivity index (χ3v) is 8.60. The van der Waals surface area contributed by atoms with Crippen molar-refractivity contribution >= 4 is 11.7 Å². The number of rotatable bonds is 1. The number of hydrogen-bond acceptors (Lipinski definition) is 4. The van der Waals surface area contributed by atoms with Crippen molar-refractivity contribution in [2.24, 2.45) is 11.3 Å². The maximum absolute atomic E-state index is 12.9. The number of esters is 1. The Hall–Kier alpha value is -1.55. The molecule has 0 radical (unpaired) electrons. The molecule has 7 rings (SSSR count). The molecule has 6 aliphatic rings. The quantitative estimate of drug-likeness (QED) is 0.800. The second kappa shape index (κ2) is 4.40. The molecule has 1 N–H and O–H groups in total. The Morgan fingerprint density at radius 3 is 2.96 bits per heavy atom. The van der Waals surface area contributed by atoms with E-state index in [9.17, 15) is 4.79 Å². The van der Waals surface area contributed by atoms with Crippen LogP contribution < -0.4 is 5.32 Å². The Morgan fingerprint density at radius 1 is 1.20 bits per heavy atom. The molecule has 2 unspecified atom stereocenters. The molecule has 4 heteroatoms. The Balaban J connectivity index is 1.65. The molecule has 25 heavy (non-hydrogen) atoms. The van der Waals surface area contributed by atoms with Crippen LogP contribution in [0.2, 0.25) is 0 Å². The van der Waals surface area contributed by atoms with Gasteiger partial charge in [0.05, 0.1) is 18.6 Å². The number of nitrogens with one attached hydrogen (secondary N) is 1. The molecule has 3 spiro atoms. The summed E-state index contributed by atoms with van der Waals surface area (Å²) in [5.41, 5.74) is 2.97. The molecule has 3 aliphatic heterocycles. The predicted octanol–water partition coefficient (Wildman–Crippen LogP) is 2.93. The molecule has 3 aliphatic carbocycles. The first kappa shape index (κ1) is 14.6. The maximum atomic E-state index is 12.9. The van der Waals surface area contributed by atoms with E-state index in [4.69, 9.17) is 4.74 Å². The number of para-hydroxylation sites is 1. The van der Waals surface area contributed by atoms with E-state index in [1.54, 1.807) is 7.11 Å². The number of anilines is 1. The number of methoxy groups -OCH3 is 1. The van der Waals surface area contributed by atoms with Crippen LogP contribution in [0, 0.1) is 11.3 Å². The van der Waals surface area contributed by atoms with Gasteiger partial charge in [-0.1, -0.05) is 18.2 Å². The van der Waals surface area contributed by atoms with E-state index < -0.39 is 0 Å². The highest BCUT2D eigenvalue weighted by Gasteiger charge is 2.78. The van der Waals surface area contributed by atoms with Crippen LogP contribution in [0.5, 0.6) is 0 Å². The number of hydrogen-bond donors (Lipinski definition) is 1. The maximum Gasteiger partial charge on any atom is 0.311 e. The number of piperidine rings is 1. The molecule has 1 aromatic rings. The van der Waals surface area contributed by atoms with Crippen LogP contribution in [0.15, 0.2) is 24.3 Å². The summed E-state index contributed by atoms with van der Waals surface area (Å²) in [6.45, 7) is 2.41. The van der Waals surface area contributed by atoms with Crippen LogP contribution in [0.1, 0.15) is 44.1 Å². The lowest BCUT2D eigenvalue weighted by Crippen LogP contribution is -2.76. The van der Waals surface area contributed by atoms with Crippen LogP contribution in [0.25, 0.3) is 0 Å². The molecule has 0 aromatic heterocycles. The Labute approximate surface area is 148 Å². The van der Waals surface area contributed by atoms with Crippen molar-refractivity contribution in [3.05, 3.63) is 29.8 Å². The predicted molar refractivity (Wildman–Crippen MR) is 95.5 cm³/mol. The molecular formula is C21H26N2O2. The molecular weight excluding hydrogens is 312 g/mol. The van der Waals surface area contributed by atoms with E-state index in [2.05, 4.69) is 34.5 Å². The molecule has 0 amide bonds. The van der Waals surface area contributed by atoms with Gasteiger partial charge < -0.3 is 10.1 Å². The number of carbonyl (C=O) groups excluding carboxylic acids is 1. The Bertz CT molecular complexity index is 779. The van der Waals surface area contributed by atoms with Crippen LogP contribution in [0.3, 0.4) is 0 Å². The van der Waals surface area contributed by atoms with E-state index >= 15 is 0 Å². The summed E-state index contributed by atoms with van der Waals surface area (Å²) in [4.78, 5) is 15.7. The largest absolute Gasteiger partial charge is 0.469 e. The van der Waals surface area contributed by atoms with E-state index in [1.165, 1.54) is 50.0 Å². The first-order valence-corrected chi connectivity index (χ1v) is 9.87. The smallest absolute Gasteiger partial charge is 0.311 e. The van der Waals surface area contributed by atoms with Gasteiger partial charge >= 0.3 is 5.97 Å². The molecule has 5 fully saturated rings. The lowest BCUT2D eigenvalue weighted by atomic mass is 9.39. The van der Waals surface area contributed by atoms with Crippen LogP contribution in [-0.2, 0) is 14.9 Å². The molecule has 2 saturated heterocycles. The third-order valence-electron chi connectivity index (χ3n) is 8.60. The van der Waals surface area contributed by atoms with Gasteiger partial charge in [0.2, 0.25) is 0 Å². The summed E-state index contributed by atoms with van der Waals surface area (Å²) in [6, 6.07) is 9.45. The van der Waals surface area contributed by atoms with Crippen molar-refractivity contribution < 1.29 is 9.53 Å². The van der Waals surface area contributed by atoms with Crippen LogP contribution in [-0.4, -0.2) is 42.6 Å². The average Bonchev–Trinajstić information content (AvgIpc) is 3.19. The molecule has 2 bridgehead atoms. The van der Waals surface area contributed by atoms with Crippen molar-refractivity contribution in [3.63, 3.8) is 0 Å². The first-order valence-electron chi connectivity index (χ1n) is 9.87. The summed E-state index contributed by atoms with van der Waals surface area (Å²) in [5, 5.41) is 3.92. The highest BCUT2D eigenvalue weighted by Crippen LogP contribution is 2.74. The molecule has 3 heterocycles. The zero-order chi connectivity index (χ0) is 16.9. The van der Waals surface area contributed by atoms with Crippen LogP contribution in [0.4, 0.5) is 5.69 Å². The van der Waals surface area contributed by atoms with Gasteiger partial charge in [-0.15, -0.1) is 0 Å². The minimum absolute atomic E-state index is 0.00114. The fraction of sp³-hybridized carbons (Fsp3) is 0.667. The van der Waals surface area contributed by atoms with Gasteiger partial charge in [-0.25, -0.2) is 0 Å². The molecule has 132 valence electrons. The number of carbonyl (C=O) groups is 1. The minimum Gasteiger partial charge on any atom is -0.469 e. The average molecular weight is 338 g/mol. The zero-order valence-corrected chi connectivity index (χ0v) is 14.9. The van der Waals surface area contributed by atoms with Crippen molar-refractivity contribution in [2.45, 2.75) is 55.5 Å². The summed E-state index contributed by atoms with van der Waals surface area (Å²) in [5.74, 6) is -0.0193. The normalized spacial score (nSPS) is 46.1.